The van der Waals surface area contributed by atoms with Crippen molar-refractivity contribution in [2.24, 2.45) is 0 Å². The first-order valence-corrected chi connectivity index (χ1v) is 12.7. The summed E-state index contributed by atoms with van der Waals surface area (Å²) in [5.74, 6) is 0.880. The van der Waals surface area contributed by atoms with Gasteiger partial charge in [0.1, 0.15) is 5.52 Å². The van der Waals surface area contributed by atoms with Crippen LogP contribution in [0, 0.1) is 0 Å². The Morgan fingerprint density at radius 3 is 2.44 bits per heavy atom. The van der Waals surface area contributed by atoms with Crippen molar-refractivity contribution in [3.8, 4) is 0 Å². The van der Waals surface area contributed by atoms with Crippen molar-refractivity contribution in [3.05, 3.63) is 53.9 Å². The zero-order valence-electron chi connectivity index (χ0n) is 18.1. The number of hydrogen-bond acceptors (Lipinski definition) is 5. The van der Waals surface area contributed by atoms with Gasteiger partial charge in [0.2, 0.25) is 10.0 Å². The minimum atomic E-state index is -3.58. The molecule has 2 aliphatic rings. The number of anilines is 1. The molecule has 1 N–H and O–H groups in total. The molecular formula is C24H27N3O4S. The van der Waals surface area contributed by atoms with E-state index in [2.05, 4.69) is 10.3 Å². The quantitative estimate of drug-likeness (QED) is 0.572. The van der Waals surface area contributed by atoms with Gasteiger partial charge in [0.15, 0.2) is 11.5 Å². The summed E-state index contributed by atoms with van der Waals surface area (Å²) < 4.78 is 33.2. The van der Waals surface area contributed by atoms with Crippen molar-refractivity contribution in [2.75, 3.05) is 12.4 Å². The fourth-order valence-corrected chi connectivity index (χ4v) is 5.73. The van der Waals surface area contributed by atoms with Gasteiger partial charge in [-0.2, -0.15) is 4.31 Å². The summed E-state index contributed by atoms with van der Waals surface area (Å²) in [6.07, 6.45) is 7.30. The average Bonchev–Trinajstić information content (AvgIpc) is 3.58. The van der Waals surface area contributed by atoms with Crippen molar-refractivity contribution in [2.45, 2.75) is 61.8 Å². The van der Waals surface area contributed by atoms with E-state index in [9.17, 15) is 13.2 Å². The molecule has 168 valence electrons. The molecule has 0 bridgehead atoms. The molecule has 1 amide bonds. The number of sulfonamides is 1. The number of hydrogen-bond donors (Lipinski definition) is 1. The third kappa shape index (κ3) is 4.17. The molecule has 0 saturated heterocycles. The molecular weight excluding hydrogens is 426 g/mol. The fraction of sp³-hybridized carbons (Fsp3) is 0.417. The number of benzene rings is 2. The number of oxazole rings is 1. The Hall–Kier alpha value is -2.71. The van der Waals surface area contributed by atoms with Gasteiger partial charge in [0.05, 0.1) is 4.90 Å². The predicted octanol–water partition coefficient (Wildman–Crippen LogP) is 4.91. The average molecular weight is 454 g/mol. The summed E-state index contributed by atoms with van der Waals surface area (Å²) in [5.41, 5.74) is 2.44. The number of carbonyl (C=O) groups is 1. The lowest BCUT2D eigenvalue weighted by Crippen LogP contribution is -2.38. The minimum absolute atomic E-state index is 0.0450. The van der Waals surface area contributed by atoms with Crippen molar-refractivity contribution < 1.29 is 17.6 Å². The van der Waals surface area contributed by atoms with Gasteiger partial charge in [0, 0.05) is 30.3 Å². The van der Waals surface area contributed by atoms with Crippen molar-refractivity contribution in [1.29, 1.82) is 0 Å². The van der Waals surface area contributed by atoms with E-state index in [-0.39, 0.29) is 16.8 Å². The van der Waals surface area contributed by atoms with E-state index in [1.807, 2.05) is 0 Å². The number of fused-ring (bicyclic) bond motifs is 1. The maximum atomic E-state index is 13.0. The highest BCUT2D eigenvalue weighted by Gasteiger charge is 2.30. The summed E-state index contributed by atoms with van der Waals surface area (Å²) in [4.78, 5) is 17.4. The van der Waals surface area contributed by atoms with E-state index in [1.165, 1.54) is 22.9 Å². The molecule has 0 unspecified atom stereocenters. The lowest BCUT2D eigenvalue weighted by atomic mass is 9.96. The van der Waals surface area contributed by atoms with Crippen LogP contribution in [-0.4, -0.2) is 36.7 Å². The molecule has 2 saturated carbocycles. The first-order chi connectivity index (χ1) is 15.4. The highest BCUT2D eigenvalue weighted by atomic mass is 32.2. The Labute approximate surface area is 187 Å². The number of aromatic nitrogens is 1. The SMILES string of the molecule is CN(C1CCCCC1)S(=O)(=O)c1ccc(C(=O)Nc2ccc3oc(C4CC4)nc3c2)cc1. The molecule has 2 fully saturated rings. The van der Waals surface area contributed by atoms with E-state index in [0.29, 0.717) is 22.8 Å². The largest absolute Gasteiger partial charge is 0.440 e. The molecule has 0 aliphatic heterocycles. The van der Waals surface area contributed by atoms with E-state index >= 15 is 0 Å². The van der Waals surface area contributed by atoms with Crippen LogP contribution in [0.1, 0.15) is 67.1 Å². The summed E-state index contributed by atoms with van der Waals surface area (Å²) in [5, 5.41) is 2.86. The van der Waals surface area contributed by atoms with Gasteiger partial charge in [-0.3, -0.25) is 4.79 Å². The van der Waals surface area contributed by atoms with Crippen molar-refractivity contribution >= 4 is 32.7 Å². The lowest BCUT2D eigenvalue weighted by molar-refractivity contribution is 0.102. The van der Waals surface area contributed by atoms with E-state index in [1.54, 1.807) is 37.4 Å². The molecule has 8 heteroatoms. The van der Waals surface area contributed by atoms with E-state index in [4.69, 9.17) is 4.42 Å². The molecule has 2 aromatic carbocycles. The summed E-state index contributed by atoms with van der Waals surface area (Å²) in [6.45, 7) is 0. The van der Waals surface area contributed by atoms with Crippen LogP contribution in [0.4, 0.5) is 5.69 Å². The number of nitrogens with zero attached hydrogens (tertiary/aromatic N) is 2. The summed E-state index contributed by atoms with van der Waals surface area (Å²) >= 11 is 0. The van der Waals surface area contributed by atoms with E-state index < -0.39 is 10.0 Å². The fourth-order valence-electron chi connectivity index (χ4n) is 4.32. The van der Waals surface area contributed by atoms with Gasteiger partial charge in [-0.25, -0.2) is 13.4 Å². The highest BCUT2D eigenvalue weighted by molar-refractivity contribution is 7.89. The second-order valence-electron chi connectivity index (χ2n) is 8.80. The van der Waals surface area contributed by atoms with Crippen molar-refractivity contribution in [1.82, 2.24) is 9.29 Å². The molecule has 32 heavy (non-hydrogen) atoms. The van der Waals surface area contributed by atoms with Crippen molar-refractivity contribution in [3.63, 3.8) is 0 Å². The van der Waals surface area contributed by atoms with Gasteiger partial charge < -0.3 is 9.73 Å². The maximum Gasteiger partial charge on any atom is 0.255 e. The smallest absolute Gasteiger partial charge is 0.255 e. The zero-order valence-corrected chi connectivity index (χ0v) is 18.9. The van der Waals surface area contributed by atoms with Crippen LogP contribution in [0.3, 0.4) is 0 Å². The number of rotatable bonds is 6. The third-order valence-electron chi connectivity index (χ3n) is 6.47. The molecule has 2 aliphatic carbocycles. The second-order valence-corrected chi connectivity index (χ2v) is 10.8. The third-order valence-corrected chi connectivity index (χ3v) is 8.40. The maximum absolute atomic E-state index is 13.0. The molecule has 1 aromatic heterocycles. The lowest BCUT2D eigenvalue weighted by Gasteiger charge is -2.30. The van der Waals surface area contributed by atoms with Crippen LogP contribution < -0.4 is 5.32 Å². The van der Waals surface area contributed by atoms with Gasteiger partial charge >= 0.3 is 0 Å². The summed E-state index contributed by atoms with van der Waals surface area (Å²) in [7, 11) is -1.93. The number of amides is 1. The van der Waals surface area contributed by atoms with Crippen LogP contribution >= 0.6 is 0 Å². The van der Waals surface area contributed by atoms with Gasteiger partial charge in [0.25, 0.3) is 5.91 Å². The molecule has 1 heterocycles. The van der Waals surface area contributed by atoms with Gasteiger partial charge in [-0.05, 0) is 68.1 Å². The first kappa shape index (κ1) is 21.2. The highest BCUT2D eigenvalue weighted by Crippen LogP contribution is 2.40. The molecule has 0 atom stereocenters. The number of carbonyl (C=O) groups excluding carboxylic acids is 1. The standard InChI is InChI=1S/C24H27N3O4S/c1-27(19-5-3-2-4-6-19)32(29,30)20-12-9-16(10-13-20)23(28)25-18-11-14-22-21(15-18)26-24(31-22)17-7-8-17/h9-15,17,19H,2-8H2,1H3,(H,25,28). The molecule has 0 radical (unpaired) electrons. The van der Waals surface area contributed by atoms with E-state index in [0.717, 1.165) is 49.9 Å². The second kappa shape index (κ2) is 8.33. The molecule has 5 rings (SSSR count). The van der Waals surface area contributed by atoms with Gasteiger partial charge in [-0.1, -0.05) is 19.3 Å². The summed E-state index contributed by atoms with van der Waals surface area (Å²) in [6, 6.07) is 11.5. The minimum Gasteiger partial charge on any atom is -0.440 e. The molecule has 0 spiro atoms. The molecule has 3 aromatic rings. The Balaban J connectivity index is 1.29. The Bertz CT molecular complexity index is 1240. The predicted molar refractivity (Wildman–Crippen MR) is 122 cm³/mol. The normalized spacial score (nSPS) is 17.7. The Morgan fingerprint density at radius 2 is 1.75 bits per heavy atom. The zero-order chi connectivity index (χ0) is 22.3. The van der Waals surface area contributed by atoms with Crippen LogP contribution in [-0.2, 0) is 10.0 Å². The molecule has 7 nitrogen and oxygen atoms in total. The Morgan fingerprint density at radius 1 is 1.03 bits per heavy atom. The van der Waals surface area contributed by atoms with Crippen LogP contribution in [0.25, 0.3) is 11.1 Å². The van der Waals surface area contributed by atoms with Crippen LogP contribution in [0.2, 0.25) is 0 Å². The number of nitrogens with one attached hydrogen (secondary N) is 1. The monoisotopic (exact) mass is 453 g/mol. The topological polar surface area (TPSA) is 92.5 Å². The van der Waals surface area contributed by atoms with Crippen LogP contribution in [0.5, 0.6) is 0 Å². The Kier molecular flexibility index (Phi) is 5.51. The van der Waals surface area contributed by atoms with Gasteiger partial charge in [-0.15, -0.1) is 0 Å². The van der Waals surface area contributed by atoms with Crippen LogP contribution in [0.15, 0.2) is 51.8 Å². The first-order valence-electron chi connectivity index (χ1n) is 11.2.